The zero-order chi connectivity index (χ0) is 14.0. The Labute approximate surface area is 117 Å². The molecule has 0 aliphatic rings. The standard InChI is InChI=1S/C13H16ClN5/c1-7-10(4-5-11(14)18-7)6-16-13-12(15)8(2)17-9(3)19-13/h4-5H,6,15H2,1-3H3,(H,16,17,19). The molecule has 100 valence electrons. The summed E-state index contributed by atoms with van der Waals surface area (Å²) in [5.74, 6) is 1.35. The van der Waals surface area contributed by atoms with Gasteiger partial charge in [-0.3, -0.25) is 0 Å². The third kappa shape index (κ3) is 3.12. The number of rotatable bonds is 3. The Hall–Kier alpha value is -1.88. The summed E-state index contributed by atoms with van der Waals surface area (Å²) in [5.41, 5.74) is 9.25. The van der Waals surface area contributed by atoms with Crippen molar-refractivity contribution in [3.05, 3.63) is 40.1 Å². The van der Waals surface area contributed by atoms with Crippen LogP contribution in [-0.4, -0.2) is 15.0 Å². The number of pyridine rings is 1. The van der Waals surface area contributed by atoms with E-state index in [1.165, 1.54) is 0 Å². The average molecular weight is 278 g/mol. The van der Waals surface area contributed by atoms with Crippen LogP contribution >= 0.6 is 11.6 Å². The number of nitrogens with zero attached hydrogens (tertiary/aromatic N) is 3. The summed E-state index contributed by atoms with van der Waals surface area (Å²) < 4.78 is 0. The van der Waals surface area contributed by atoms with Crippen molar-refractivity contribution in [1.82, 2.24) is 15.0 Å². The van der Waals surface area contributed by atoms with Crippen molar-refractivity contribution in [2.45, 2.75) is 27.3 Å². The molecule has 3 N–H and O–H groups in total. The van der Waals surface area contributed by atoms with Crippen LogP contribution in [-0.2, 0) is 6.54 Å². The molecule has 0 unspecified atom stereocenters. The van der Waals surface area contributed by atoms with Crippen molar-refractivity contribution in [1.29, 1.82) is 0 Å². The minimum Gasteiger partial charge on any atom is -0.394 e. The molecule has 2 aromatic heterocycles. The van der Waals surface area contributed by atoms with Crippen LogP contribution < -0.4 is 11.1 Å². The van der Waals surface area contributed by atoms with E-state index in [9.17, 15) is 0 Å². The molecule has 0 bridgehead atoms. The van der Waals surface area contributed by atoms with Gasteiger partial charge < -0.3 is 11.1 Å². The summed E-state index contributed by atoms with van der Waals surface area (Å²) in [7, 11) is 0. The lowest BCUT2D eigenvalue weighted by molar-refractivity contribution is 0.986. The van der Waals surface area contributed by atoms with E-state index in [1.807, 2.05) is 26.8 Å². The monoisotopic (exact) mass is 277 g/mol. The number of halogens is 1. The number of hydrogen-bond donors (Lipinski definition) is 2. The van der Waals surface area contributed by atoms with E-state index in [1.54, 1.807) is 6.07 Å². The van der Waals surface area contributed by atoms with E-state index >= 15 is 0 Å². The summed E-state index contributed by atoms with van der Waals surface area (Å²) in [6, 6.07) is 3.71. The molecule has 0 radical (unpaired) electrons. The number of hydrogen-bond acceptors (Lipinski definition) is 5. The van der Waals surface area contributed by atoms with E-state index in [0.29, 0.717) is 29.0 Å². The molecule has 0 saturated carbocycles. The van der Waals surface area contributed by atoms with E-state index in [0.717, 1.165) is 17.0 Å². The van der Waals surface area contributed by atoms with Crippen molar-refractivity contribution in [3.63, 3.8) is 0 Å². The Bertz CT molecular complexity index is 612. The first kappa shape index (κ1) is 13.5. The first-order valence-corrected chi connectivity index (χ1v) is 6.32. The summed E-state index contributed by atoms with van der Waals surface area (Å²) in [4.78, 5) is 12.7. The van der Waals surface area contributed by atoms with Crippen LogP contribution in [0.15, 0.2) is 12.1 Å². The van der Waals surface area contributed by atoms with Crippen molar-refractivity contribution in [2.24, 2.45) is 0 Å². The van der Waals surface area contributed by atoms with Gasteiger partial charge in [-0.25, -0.2) is 15.0 Å². The second-order valence-electron chi connectivity index (χ2n) is 4.35. The molecule has 2 heterocycles. The second kappa shape index (κ2) is 5.40. The van der Waals surface area contributed by atoms with Crippen molar-refractivity contribution in [3.8, 4) is 0 Å². The largest absolute Gasteiger partial charge is 0.394 e. The van der Waals surface area contributed by atoms with Crippen molar-refractivity contribution < 1.29 is 0 Å². The van der Waals surface area contributed by atoms with E-state index in [4.69, 9.17) is 17.3 Å². The van der Waals surface area contributed by atoms with E-state index in [2.05, 4.69) is 20.3 Å². The highest BCUT2D eigenvalue weighted by atomic mass is 35.5. The number of nitrogens with two attached hydrogens (primary N) is 1. The molecule has 0 aliphatic carbocycles. The molecule has 19 heavy (non-hydrogen) atoms. The van der Waals surface area contributed by atoms with Crippen LogP contribution in [0.25, 0.3) is 0 Å². The van der Waals surface area contributed by atoms with Crippen LogP contribution in [0.1, 0.15) is 22.8 Å². The van der Waals surface area contributed by atoms with Gasteiger partial charge in [0.2, 0.25) is 0 Å². The maximum absolute atomic E-state index is 5.95. The Balaban J connectivity index is 2.19. The van der Waals surface area contributed by atoms with Gasteiger partial charge >= 0.3 is 0 Å². The summed E-state index contributed by atoms with van der Waals surface area (Å²) in [5, 5.41) is 3.71. The average Bonchev–Trinajstić information content (AvgIpc) is 2.33. The van der Waals surface area contributed by atoms with E-state index in [-0.39, 0.29) is 0 Å². The van der Waals surface area contributed by atoms with Crippen LogP contribution in [0.4, 0.5) is 11.5 Å². The van der Waals surface area contributed by atoms with Crippen molar-refractivity contribution >= 4 is 23.1 Å². The maximum Gasteiger partial charge on any atom is 0.153 e. The van der Waals surface area contributed by atoms with Gasteiger partial charge in [0.1, 0.15) is 11.0 Å². The fourth-order valence-electron chi connectivity index (χ4n) is 1.78. The minimum atomic E-state index is 0.495. The molecule has 0 aliphatic heterocycles. The van der Waals surface area contributed by atoms with E-state index < -0.39 is 0 Å². The molecule has 0 aromatic carbocycles. The van der Waals surface area contributed by atoms with Gasteiger partial charge in [-0.05, 0) is 32.4 Å². The third-order valence-corrected chi connectivity index (χ3v) is 3.07. The van der Waals surface area contributed by atoms with Crippen LogP contribution in [0.3, 0.4) is 0 Å². The maximum atomic E-state index is 5.95. The summed E-state index contributed by atoms with van der Waals surface area (Å²) in [6.45, 7) is 6.22. The smallest absolute Gasteiger partial charge is 0.153 e. The van der Waals surface area contributed by atoms with Gasteiger partial charge in [0.25, 0.3) is 0 Å². The Morgan fingerprint density at radius 3 is 2.53 bits per heavy atom. The number of anilines is 2. The molecule has 0 saturated heterocycles. The molecule has 0 atom stereocenters. The molecule has 0 spiro atoms. The predicted octanol–water partition coefficient (Wildman–Crippen LogP) is 2.64. The van der Waals surface area contributed by atoms with Gasteiger partial charge in [0, 0.05) is 12.2 Å². The SMILES string of the molecule is Cc1nc(C)c(N)c(NCc2ccc(Cl)nc2C)n1. The van der Waals surface area contributed by atoms with Gasteiger partial charge in [-0.2, -0.15) is 0 Å². The molecule has 0 fully saturated rings. The quantitative estimate of drug-likeness (QED) is 0.844. The number of aryl methyl sites for hydroxylation is 3. The molecule has 5 nitrogen and oxygen atoms in total. The molecule has 2 rings (SSSR count). The lowest BCUT2D eigenvalue weighted by Gasteiger charge is -2.12. The Morgan fingerprint density at radius 2 is 1.84 bits per heavy atom. The number of nitrogens with one attached hydrogen (secondary N) is 1. The Kier molecular flexibility index (Phi) is 3.85. The fourth-order valence-corrected chi connectivity index (χ4v) is 1.97. The summed E-state index contributed by atoms with van der Waals surface area (Å²) >= 11 is 5.83. The molecule has 2 aromatic rings. The normalized spacial score (nSPS) is 10.5. The highest BCUT2D eigenvalue weighted by Crippen LogP contribution is 2.20. The highest BCUT2D eigenvalue weighted by molar-refractivity contribution is 6.29. The number of aromatic nitrogens is 3. The zero-order valence-electron chi connectivity index (χ0n) is 11.2. The lowest BCUT2D eigenvalue weighted by atomic mass is 10.2. The highest BCUT2D eigenvalue weighted by Gasteiger charge is 2.07. The van der Waals surface area contributed by atoms with Gasteiger partial charge in [-0.1, -0.05) is 17.7 Å². The molecule has 6 heteroatoms. The zero-order valence-corrected chi connectivity index (χ0v) is 11.9. The molecule has 0 amide bonds. The van der Waals surface area contributed by atoms with Gasteiger partial charge in [0.15, 0.2) is 5.82 Å². The Morgan fingerprint density at radius 1 is 1.11 bits per heavy atom. The second-order valence-corrected chi connectivity index (χ2v) is 4.74. The van der Waals surface area contributed by atoms with Crippen LogP contribution in [0.2, 0.25) is 5.15 Å². The minimum absolute atomic E-state index is 0.495. The number of nitrogen functional groups attached to an aromatic ring is 1. The third-order valence-electron chi connectivity index (χ3n) is 2.86. The molecular weight excluding hydrogens is 262 g/mol. The van der Waals surface area contributed by atoms with Gasteiger partial charge in [-0.15, -0.1) is 0 Å². The van der Waals surface area contributed by atoms with Crippen molar-refractivity contribution in [2.75, 3.05) is 11.1 Å². The summed E-state index contributed by atoms with van der Waals surface area (Å²) in [6.07, 6.45) is 0. The first-order chi connectivity index (χ1) is 8.97. The topological polar surface area (TPSA) is 76.7 Å². The van der Waals surface area contributed by atoms with Crippen LogP contribution in [0, 0.1) is 20.8 Å². The fraction of sp³-hybridized carbons (Fsp3) is 0.308. The first-order valence-electron chi connectivity index (χ1n) is 5.94. The molecular formula is C13H16ClN5. The van der Waals surface area contributed by atoms with Gasteiger partial charge in [0.05, 0.1) is 11.4 Å². The predicted molar refractivity (Wildman–Crippen MR) is 77.2 cm³/mol. The van der Waals surface area contributed by atoms with Crippen LogP contribution in [0.5, 0.6) is 0 Å². The lowest BCUT2D eigenvalue weighted by Crippen LogP contribution is -2.09.